The Hall–Kier alpha value is -1.20. The molecule has 0 aromatic carbocycles. The molecular formula is C13H20N4S. The second-order valence-corrected chi connectivity index (χ2v) is 6.13. The van der Waals surface area contributed by atoms with E-state index in [9.17, 15) is 0 Å². The van der Waals surface area contributed by atoms with Crippen molar-refractivity contribution in [3.05, 3.63) is 33.8 Å². The second kappa shape index (κ2) is 5.20. The van der Waals surface area contributed by atoms with Crippen LogP contribution in [0.3, 0.4) is 0 Å². The second-order valence-electron chi connectivity index (χ2n) is 4.72. The fraction of sp³-hybridized carbons (Fsp3) is 0.538. The maximum Gasteiger partial charge on any atom is 0.122 e. The summed E-state index contributed by atoms with van der Waals surface area (Å²) in [7, 11) is 4.15. The Kier molecular flexibility index (Phi) is 3.82. The smallest absolute Gasteiger partial charge is 0.122 e. The molecule has 0 spiro atoms. The molecule has 0 fully saturated rings. The molecule has 2 aromatic heterocycles. The first-order valence-electron chi connectivity index (χ1n) is 6.09. The Morgan fingerprint density at radius 3 is 2.67 bits per heavy atom. The Labute approximate surface area is 112 Å². The van der Waals surface area contributed by atoms with Crippen LogP contribution in [0.1, 0.15) is 34.4 Å². The van der Waals surface area contributed by atoms with E-state index in [1.54, 1.807) is 11.3 Å². The minimum atomic E-state index is 0.312. The van der Waals surface area contributed by atoms with Crippen molar-refractivity contribution in [2.75, 3.05) is 7.05 Å². The zero-order valence-corrected chi connectivity index (χ0v) is 12.5. The van der Waals surface area contributed by atoms with E-state index in [4.69, 9.17) is 0 Å². The Balaban J connectivity index is 2.12. The molecule has 0 bridgehead atoms. The van der Waals surface area contributed by atoms with Gasteiger partial charge in [0.2, 0.25) is 0 Å². The summed E-state index contributed by atoms with van der Waals surface area (Å²) in [5.41, 5.74) is 1.19. The zero-order chi connectivity index (χ0) is 13.3. The van der Waals surface area contributed by atoms with Crippen LogP contribution in [0.4, 0.5) is 0 Å². The molecule has 2 aromatic rings. The summed E-state index contributed by atoms with van der Waals surface area (Å²) in [5.74, 6) is 1.08. The molecule has 0 N–H and O–H groups in total. The van der Waals surface area contributed by atoms with Crippen LogP contribution in [0.2, 0.25) is 0 Å². The first kappa shape index (κ1) is 13.2. The SMILES string of the molecule is Cc1nc(C(C)N(C)Cc2nccn2C)c(C)s1. The molecule has 18 heavy (non-hydrogen) atoms. The van der Waals surface area contributed by atoms with Crippen LogP contribution in [-0.2, 0) is 13.6 Å². The predicted molar refractivity (Wildman–Crippen MR) is 74.7 cm³/mol. The molecule has 2 rings (SSSR count). The van der Waals surface area contributed by atoms with Gasteiger partial charge in [-0.3, -0.25) is 4.90 Å². The summed E-state index contributed by atoms with van der Waals surface area (Å²) in [6.45, 7) is 7.24. The Morgan fingerprint density at radius 1 is 1.44 bits per heavy atom. The van der Waals surface area contributed by atoms with Crippen LogP contribution in [0, 0.1) is 13.8 Å². The van der Waals surface area contributed by atoms with Gasteiger partial charge in [0.1, 0.15) is 5.82 Å². The molecule has 1 unspecified atom stereocenters. The van der Waals surface area contributed by atoms with Gasteiger partial charge in [0.25, 0.3) is 0 Å². The van der Waals surface area contributed by atoms with E-state index >= 15 is 0 Å². The van der Waals surface area contributed by atoms with E-state index in [0.29, 0.717) is 6.04 Å². The van der Waals surface area contributed by atoms with Crippen molar-refractivity contribution in [2.24, 2.45) is 7.05 Å². The van der Waals surface area contributed by atoms with Gasteiger partial charge in [0.15, 0.2) is 0 Å². The van der Waals surface area contributed by atoms with Crippen LogP contribution in [0.25, 0.3) is 0 Å². The lowest BCUT2D eigenvalue weighted by Gasteiger charge is -2.23. The normalized spacial score (nSPS) is 13.2. The lowest BCUT2D eigenvalue weighted by Crippen LogP contribution is -2.24. The molecule has 0 aliphatic heterocycles. The van der Waals surface area contributed by atoms with Crippen LogP contribution in [0.5, 0.6) is 0 Å². The molecule has 1 atom stereocenters. The van der Waals surface area contributed by atoms with Gasteiger partial charge in [-0.15, -0.1) is 11.3 Å². The van der Waals surface area contributed by atoms with Crippen LogP contribution in [-0.4, -0.2) is 26.5 Å². The summed E-state index contributed by atoms with van der Waals surface area (Å²) in [4.78, 5) is 12.6. The maximum atomic E-state index is 4.63. The van der Waals surface area contributed by atoms with Crippen molar-refractivity contribution >= 4 is 11.3 Å². The average molecular weight is 264 g/mol. The van der Waals surface area contributed by atoms with Crippen molar-refractivity contribution in [1.82, 2.24) is 19.4 Å². The lowest BCUT2D eigenvalue weighted by atomic mass is 10.2. The van der Waals surface area contributed by atoms with Crippen molar-refractivity contribution in [1.29, 1.82) is 0 Å². The third-order valence-corrected chi connectivity index (χ3v) is 4.21. The van der Waals surface area contributed by atoms with Gasteiger partial charge in [-0.1, -0.05) is 0 Å². The zero-order valence-electron chi connectivity index (χ0n) is 11.6. The van der Waals surface area contributed by atoms with Gasteiger partial charge < -0.3 is 4.57 Å². The topological polar surface area (TPSA) is 34.0 Å². The molecule has 5 heteroatoms. The monoisotopic (exact) mass is 264 g/mol. The standard InChI is InChI=1S/C13H20N4S/c1-9(13-10(2)18-11(3)15-13)17(5)8-12-14-6-7-16(12)4/h6-7,9H,8H2,1-5H3. The molecule has 0 aliphatic rings. The fourth-order valence-corrected chi connectivity index (χ4v) is 2.96. The molecule has 0 saturated heterocycles. The average Bonchev–Trinajstić information content (AvgIpc) is 2.85. The van der Waals surface area contributed by atoms with E-state index in [-0.39, 0.29) is 0 Å². The van der Waals surface area contributed by atoms with E-state index in [1.165, 1.54) is 10.6 Å². The fourth-order valence-electron chi connectivity index (χ4n) is 2.05. The molecule has 0 amide bonds. The van der Waals surface area contributed by atoms with Crippen LogP contribution < -0.4 is 0 Å². The van der Waals surface area contributed by atoms with Gasteiger partial charge in [0.05, 0.1) is 23.3 Å². The highest BCUT2D eigenvalue weighted by Gasteiger charge is 2.18. The quantitative estimate of drug-likeness (QED) is 0.851. The van der Waals surface area contributed by atoms with E-state index < -0.39 is 0 Å². The highest BCUT2D eigenvalue weighted by molar-refractivity contribution is 7.11. The van der Waals surface area contributed by atoms with Gasteiger partial charge in [-0.25, -0.2) is 9.97 Å². The highest BCUT2D eigenvalue weighted by atomic mass is 32.1. The molecule has 98 valence electrons. The van der Waals surface area contributed by atoms with Gasteiger partial charge in [0, 0.05) is 24.3 Å². The Bertz CT molecular complexity index is 529. The highest BCUT2D eigenvalue weighted by Crippen LogP contribution is 2.26. The summed E-state index contributed by atoms with van der Waals surface area (Å²) < 4.78 is 2.06. The molecule has 0 aliphatic carbocycles. The summed E-state index contributed by atoms with van der Waals surface area (Å²) in [6.07, 6.45) is 3.82. The van der Waals surface area contributed by atoms with Crippen molar-refractivity contribution in [3.8, 4) is 0 Å². The largest absolute Gasteiger partial charge is 0.337 e. The van der Waals surface area contributed by atoms with E-state index in [2.05, 4.69) is 47.3 Å². The molecule has 4 nitrogen and oxygen atoms in total. The van der Waals surface area contributed by atoms with Gasteiger partial charge in [-0.2, -0.15) is 0 Å². The van der Waals surface area contributed by atoms with Crippen LogP contribution >= 0.6 is 11.3 Å². The number of aryl methyl sites for hydroxylation is 3. The first-order chi connectivity index (χ1) is 8.49. The third-order valence-electron chi connectivity index (χ3n) is 3.31. The number of aromatic nitrogens is 3. The van der Waals surface area contributed by atoms with Gasteiger partial charge in [-0.05, 0) is 27.8 Å². The number of imidazole rings is 1. The Morgan fingerprint density at radius 2 is 2.17 bits per heavy atom. The lowest BCUT2D eigenvalue weighted by molar-refractivity contribution is 0.240. The van der Waals surface area contributed by atoms with E-state index in [0.717, 1.165) is 17.4 Å². The number of hydrogen-bond acceptors (Lipinski definition) is 4. The number of nitrogens with zero attached hydrogens (tertiary/aromatic N) is 4. The molecule has 0 radical (unpaired) electrons. The third kappa shape index (κ3) is 2.62. The summed E-state index contributed by atoms with van der Waals surface area (Å²) in [5, 5.41) is 1.14. The van der Waals surface area contributed by atoms with Crippen molar-refractivity contribution in [3.63, 3.8) is 0 Å². The van der Waals surface area contributed by atoms with E-state index in [1.807, 2.05) is 19.4 Å². The van der Waals surface area contributed by atoms with Crippen molar-refractivity contribution in [2.45, 2.75) is 33.4 Å². The van der Waals surface area contributed by atoms with Gasteiger partial charge >= 0.3 is 0 Å². The molecule has 2 heterocycles. The molecular weight excluding hydrogens is 244 g/mol. The van der Waals surface area contributed by atoms with Crippen molar-refractivity contribution < 1.29 is 0 Å². The first-order valence-corrected chi connectivity index (χ1v) is 6.91. The minimum absolute atomic E-state index is 0.312. The number of hydrogen-bond donors (Lipinski definition) is 0. The number of thiazole rings is 1. The molecule has 0 saturated carbocycles. The van der Waals surface area contributed by atoms with Crippen LogP contribution in [0.15, 0.2) is 12.4 Å². The predicted octanol–water partition coefficient (Wildman–Crippen LogP) is 2.69. The summed E-state index contributed by atoms with van der Waals surface area (Å²) >= 11 is 1.77. The summed E-state index contributed by atoms with van der Waals surface area (Å²) in [6, 6.07) is 0.312. The maximum absolute atomic E-state index is 4.63. The minimum Gasteiger partial charge on any atom is -0.337 e. The number of rotatable bonds is 4.